The molecule has 84 valence electrons. The SMILES string of the molecule is CC1=CCC(Cc2ccccc2C)C(=O)O1. The molecular formula is C14H16O2. The fraction of sp³-hybridized carbons (Fsp3) is 0.357. The van der Waals surface area contributed by atoms with Crippen LogP contribution in [0.2, 0.25) is 0 Å². The highest BCUT2D eigenvalue weighted by Gasteiger charge is 2.24. The van der Waals surface area contributed by atoms with Gasteiger partial charge in [0, 0.05) is 0 Å². The smallest absolute Gasteiger partial charge is 0.314 e. The van der Waals surface area contributed by atoms with Gasteiger partial charge in [-0.1, -0.05) is 24.3 Å². The Labute approximate surface area is 95.9 Å². The quantitative estimate of drug-likeness (QED) is 0.710. The van der Waals surface area contributed by atoms with Crippen molar-refractivity contribution in [1.29, 1.82) is 0 Å². The summed E-state index contributed by atoms with van der Waals surface area (Å²) in [7, 11) is 0. The minimum absolute atomic E-state index is 0.0233. The largest absolute Gasteiger partial charge is 0.431 e. The van der Waals surface area contributed by atoms with E-state index in [0.717, 1.165) is 18.6 Å². The summed E-state index contributed by atoms with van der Waals surface area (Å²) in [5, 5.41) is 0. The summed E-state index contributed by atoms with van der Waals surface area (Å²) >= 11 is 0. The molecule has 2 nitrogen and oxygen atoms in total. The van der Waals surface area contributed by atoms with Gasteiger partial charge in [0.1, 0.15) is 5.76 Å². The third-order valence-corrected chi connectivity index (χ3v) is 3.01. The number of ether oxygens (including phenoxy) is 1. The molecule has 2 heteroatoms. The second-order valence-electron chi connectivity index (χ2n) is 4.30. The highest BCUT2D eigenvalue weighted by Crippen LogP contribution is 2.22. The monoisotopic (exact) mass is 216 g/mol. The van der Waals surface area contributed by atoms with Crippen molar-refractivity contribution < 1.29 is 9.53 Å². The molecule has 1 aromatic carbocycles. The van der Waals surface area contributed by atoms with Gasteiger partial charge in [0.15, 0.2) is 0 Å². The first-order valence-electron chi connectivity index (χ1n) is 5.60. The molecule has 1 aliphatic heterocycles. The number of benzene rings is 1. The predicted octanol–water partition coefficient (Wildman–Crippen LogP) is 3.00. The lowest BCUT2D eigenvalue weighted by Gasteiger charge is -2.20. The van der Waals surface area contributed by atoms with Gasteiger partial charge in [-0.3, -0.25) is 4.79 Å². The second kappa shape index (κ2) is 4.52. The van der Waals surface area contributed by atoms with Crippen molar-refractivity contribution in [1.82, 2.24) is 0 Å². The maximum Gasteiger partial charge on any atom is 0.314 e. The lowest BCUT2D eigenvalue weighted by atomic mass is 9.92. The molecule has 1 unspecified atom stereocenters. The topological polar surface area (TPSA) is 26.3 Å². The van der Waals surface area contributed by atoms with Gasteiger partial charge in [0.25, 0.3) is 0 Å². The van der Waals surface area contributed by atoms with E-state index in [4.69, 9.17) is 4.74 Å². The maximum absolute atomic E-state index is 11.7. The Kier molecular flexibility index (Phi) is 3.09. The molecule has 1 heterocycles. The molecule has 0 spiro atoms. The number of carbonyl (C=O) groups is 1. The second-order valence-corrected chi connectivity index (χ2v) is 4.30. The molecule has 1 aromatic rings. The van der Waals surface area contributed by atoms with Crippen LogP contribution in [0.1, 0.15) is 24.5 Å². The van der Waals surface area contributed by atoms with Gasteiger partial charge in [0.2, 0.25) is 0 Å². The number of esters is 1. The van der Waals surface area contributed by atoms with E-state index in [1.807, 2.05) is 25.1 Å². The average molecular weight is 216 g/mol. The zero-order valence-corrected chi connectivity index (χ0v) is 9.69. The van der Waals surface area contributed by atoms with Crippen molar-refractivity contribution in [3.05, 3.63) is 47.2 Å². The number of aryl methyl sites for hydroxylation is 1. The van der Waals surface area contributed by atoms with E-state index in [-0.39, 0.29) is 11.9 Å². The summed E-state index contributed by atoms with van der Waals surface area (Å²) in [6.45, 7) is 3.90. The molecular weight excluding hydrogens is 200 g/mol. The van der Waals surface area contributed by atoms with Crippen LogP contribution in [0.5, 0.6) is 0 Å². The minimum atomic E-state index is -0.0942. The van der Waals surface area contributed by atoms with E-state index in [9.17, 15) is 4.79 Å². The number of rotatable bonds is 2. The molecule has 2 rings (SSSR count). The molecule has 16 heavy (non-hydrogen) atoms. The van der Waals surface area contributed by atoms with E-state index in [0.29, 0.717) is 0 Å². The summed E-state index contributed by atoms with van der Waals surface area (Å²) < 4.78 is 5.13. The fourth-order valence-electron chi connectivity index (χ4n) is 1.96. The number of cyclic esters (lactones) is 1. The molecule has 0 bridgehead atoms. The standard InChI is InChI=1S/C14H16O2/c1-10-5-3-4-6-12(10)9-13-8-7-11(2)16-14(13)15/h3-7,13H,8-9H2,1-2H3. The number of hydrogen-bond acceptors (Lipinski definition) is 2. The zero-order valence-electron chi connectivity index (χ0n) is 9.69. The van der Waals surface area contributed by atoms with E-state index >= 15 is 0 Å². The third-order valence-electron chi connectivity index (χ3n) is 3.01. The van der Waals surface area contributed by atoms with Crippen molar-refractivity contribution in [3.8, 4) is 0 Å². The highest BCUT2D eigenvalue weighted by molar-refractivity contribution is 5.75. The van der Waals surface area contributed by atoms with Gasteiger partial charge in [-0.05, 0) is 43.9 Å². The van der Waals surface area contributed by atoms with E-state index in [1.165, 1.54) is 11.1 Å². The van der Waals surface area contributed by atoms with Crippen molar-refractivity contribution in [3.63, 3.8) is 0 Å². The first kappa shape index (κ1) is 10.9. The van der Waals surface area contributed by atoms with Gasteiger partial charge in [-0.15, -0.1) is 0 Å². The Hall–Kier alpha value is -1.57. The molecule has 1 aliphatic rings. The summed E-state index contributed by atoms with van der Waals surface area (Å²) in [5.41, 5.74) is 2.47. The predicted molar refractivity (Wildman–Crippen MR) is 62.8 cm³/mol. The zero-order chi connectivity index (χ0) is 11.5. The van der Waals surface area contributed by atoms with Crippen molar-refractivity contribution >= 4 is 5.97 Å². The molecule has 0 aliphatic carbocycles. The molecule has 0 N–H and O–H groups in total. The first-order valence-corrected chi connectivity index (χ1v) is 5.60. The van der Waals surface area contributed by atoms with Crippen LogP contribution in [0.4, 0.5) is 0 Å². The van der Waals surface area contributed by atoms with Gasteiger partial charge < -0.3 is 4.74 Å². The maximum atomic E-state index is 11.7. The number of allylic oxidation sites excluding steroid dienone is 2. The van der Waals surface area contributed by atoms with Crippen LogP contribution in [0.25, 0.3) is 0 Å². The number of hydrogen-bond donors (Lipinski definition) is 0. The Bertz CT molecular complexity index is 432. The van der Waals surface area contributed by atoms with Crippen LogP contribution >= 0.6 is 0 Å². The Morgan fingerprint density at radius 2 is 2.06 bits per heavy atom. The molecule has 0 saturated carbocycles. The third kappa shape index (κ3) is 2.32. The van der Waals surface area contributed by atoms with Crippen molar-refractivity contribution in [2.24, 2.45) is 5.92 Å². The van der Waals surface area contributed by atoms with Gasteiger partial charge in [-0.25, -0.2) is 0 Å². The summed E-state index contributed by atoms with van der Waals surface area (Å²) in [6.07, 6.45) is 3.55. The number of carbonyl (C=O) groups excluding carboxylic acids is 1. The van der Waals surface area contributed by atoms with Crippen LogP contribution < -0.4 is 0 Å². The van der Waals surface area contributed by atoms with Gasteiger partial charge >= 0.3 is 5.97 Å². The van der Waals surface area contributed by atoms with Crippen LogP contribution in [0.3, 0.4) is 0 Å². The molecule has 0 radical (unpaired) electrons. The highest BCUT2D eigenvalue weighted by atomic mass is 16.5. The Morgan fingerprint density at radius 1 is 1.31 bits per heavy atom. The first-order chi connectivity index (χ1) is 7.66. The van der Waals surface area contributed by atoms with Crippen LogP contribution in [-0.4, -0.2) is 5.97 Å². The molecule has 0 amide bonds. The molecule has 0 aromatic heterocycles. The van der Waals surface area contributed by atoms with Crippen molar-refractivity contribution in [2.45, 2.75) is 26.7 Å². The Balaban J connectivity index is 2.11. The van der Waals surface area contributed by atoms with Crippen LogP contribution in [0.15, 0.2) is 36.1 Å². The summed E-state index contributed by atoms with van der Waals surface area (Å²) in [4.78, 5) is 11.7. The lowest BCUT2D eigenvalue weighted by Crippen LogP contribution is -2.22. The Morgan fingerprint density at radius 3 is 2.75 bits per heavy atom. The van der Waals surface area contributed by atoms with Crippen LogP contribution in [0, 0.1) is 12.8 Å². The van der Waals surface area contributed by atoms with Crippen LogP contribution in [-0.2, 0) is 16.0 Å². The fourth-order valence-corrected chi connectivity index (χ4v) is 1.96. The van der Waals surface area contributed by atoms with E-state index < -0.39 is 0 Å². The summed E-state index contributed by atoms with van der Waals surface area (Å²) in [6, 6.07) is 8.18. The summed E-state index contributed by atoms with van der Waals surface area (Å²) in [5.74, 6) is 0.610. The molecule has 0 saturated heterocycles. The van der Waals surface area contributed by atoms with Crippen molar-refractivity contribution in [2.75, 3.05) is 0 Å². The minimum Gasteiger partial charge on any atom is -0.431 e. The molecule has 0 fully saturated rings. The lowest BCUT2D eigenvalue weighted by molar-refractivity contribution is -0.145. The van der Waals surface area contributed by atoms with Gasteiger partial charge in [-0.2, -0.15) is 0 Å². The van der Waals surface area contributed by atoms with E-state index in [2.05, 4.69) is 19.1 Å². The van der Waals surface area contributed by atoms with E-state index in [1.54, 1.807) is 0 Å². The normalized spacial score (nSPS) is 20.2. The van der Waals surface area contributed by atoms with Gasteiger partial charge in [0.05, 0.1) is 5.92 Å². The molecule has 1 atom stereocenters. The average Bonchev–Trinajstić information content (AvgIpc) is 2.25.